The SMILES string of the molecule is CCN(C(=O)CCC[C@H]1NC[C@@H]2C[C@@H]1CN(Cc1cccnc1)C2)C(C)C.Cl. The maximum atomic E-state index is 12.4. The lowest BCUT2D eigenvalue weighted by atomic mass is 9.79. The molecule has 0 aliphatic carbocycles. The molecule has 2 aliphatic rings. The summed E-state index contributed by atoms with van der Waals surface area (Å²) in [5.41, 5.74) is 1.31. The molecule has 2 aliphatic heterocycles. The van der Waals surface area contributed by atoms with Crippen molar-refractivity contribution in [3.05, 3.63) is 30.1 Å². The lowest BCUT2D eigenvalue weighted by Crippen LogP contribution is -2.55. The molecule has 158 valence electrons. The maximum absolute atomic E-state index is 12.4. The Morgan fingerprint density at radius 2 is 2.21 bits per heavy atom. The molecule has 1 aromatic heterocycles. The topological polar surface area (TPSA) is 48.5 Å². The van der Waals surface area contributed by atoms with Crippen molar-refractivity contribution in [3.8, 4) is 0 Å². The molecule has 3 rings (SSSR count). The largest absolute Gasteiger partial charge is 0.341 e. The average molecular weight is 409 g/mol. The normalized spacial score (nSPS) is 24.6. The fourth-order valence-corrected chi connectivity index (χ4v) is 4.94. The van der Waals surface area contributed by atoms with Crippen molar-refractivity contribution < 1.29 is 4.79 Å². The minimum Gasteiger partial charge on any atom is -0.341 e. The number of hydrogen-bond donors (Lipinski definition) is 1. The van der Waals surface area contributed by atoms with Crippen molar-refractivity contribution in [1.29, 1.82) is 0 Å². The van der Waals surface area contributed by atoms with Gasteiger partial charge in [-0.3, -0.25) is 14.7 Å². The van der Waals surface area contributed by atoms with Crippen molar-refractivity contribution in [2.24, 2.45) is 11.8 Å². The number of nitrogens with one attached hydrogen (secondary N) is 1. The van der Waals surface area contributed by atoms with Crippen molar-refractivity contribution in [3.63, 3.8) is 0 Å². The number of hydrogen-bond acceptors (Lipinski definition) is 4. The van der Waals surface area contributed by atoms with Crippen LogP contribution >= 0.6 is 12.4 Å². The summed E-state index contributed by atoms with van der Waals surface area (Å²) < 4.78 is 0. The van der Waals surface area contributed by atoms with Gasteiger partial charge in [0.25, 0.3) is 0 Å². The minimum absolute atomic E-state index is 0. The van der Waals surface area contributed by atoms with Gasteiger partial charge in [-0.2, -0.15) is 0 Å². The summed E-state index contributed by atoms with van der Waals surface area (Å²) in [6.07, 6.45) is 7.94. The molecule has 1 amide bonds. The van der Waals surface area contributed by atoms with Crippen molar-refractivity contribution in [2.75, 3.05) is 26.2 Å². The Bertz CT molecular complexity index is 597. The molecule has 6 heteroatoms. The summed E-state index contributed by atoms with van der Waals surface area (Å²) >= 11 is 0. The molecule has 5 nitrogen and oxygen atoms in total. The van der Waals surface area contributed by atoms with E-state index in [1.165, 1.54) is 18.5 Å². The fourth-order valence-electron chi connectivity index (χ4n) is 4.94. The molecule has 3 heterocycles. The lowest BCUT2D eigenvalue weighted by Gasteiger charge is -2.46. The Morgan fingerprint density at radius 3 is 2.89 bits per heavy atom. The zero-order chi connectivity index (χ0) is 19.2. The quantitative estimate of drug-likeness (QED) is 0.716. The van der Waals surface area contributed by atoms with E-state index in [2.05, 4.69) is 42.0 Å². The molecule has 1 aromatic rings. The lowest BCUT2D eigenvalue weighted by molar-refractivity contribution is -0.132. The predicted molar refractivity (Wildman–Crippen MR) is 117 cm³/mol. The van der Waals surface area contributed by atoms with Gasteiger partial charge in [0, 0.05) is 57.1 Å². The zero-order valence-corrected chi connectivity index (χ0v) is 18.5. The van der Waals surface area contributed by atoms with Crippen LogP contribution in [0.2, 0.25) is 0 Å². The van der Waals surface area contributed by atoms with Crippen LogP contribution in [0.15, 0.2) is 24.5 Å². The van der Waals surface area contributed by atoms with E-state index in [0.717, 1.165) is 44.9 Å². The summed E-state index contributed by atoms with van der Waals surface area (Å²) in [6.45, 7) is 11.5. The van der Waals surface area contributed by atoms with Crippen LogP contribution in [0.5, 0.6) is 0 Å². The summed E-state index contributed by atoms with van der Waals surface area (Å²) in [7, 11) is 0. The highest BCUT2D eigenvalue weighted by Crippen LogP contribution is 2.31. The van der Waals surface area contributed by atoms with Crippen LogP contribution in [0.3, 0.4) is 0 Å². The summed E-state index contributed by atoms with van der Waals surface area (Å²) in [5, 5.41) is 3.78. The van der Waals surface area contributed by atoms with Crippen LogP contribution in [-0.4, -0.2) is 59.0 Å². The van der Waals surface area contributed by atoms with Crippen LogP contribution in [0.25, 0.3) is 0 Å². The molecular weight excluding hydrogens is 372 g/mol. The van der Waals surface area contributed by atoms with Gasteiger partial charge in [0.2, 0.25) is 5.91 Å². The molecule has 28 heavy (non-hydrogen) atoms. The molecule has 0 spiro atoms. The summed E-state index contributed by atoms with van der Waals surface area (Å²) in [5.74, 6) is 1.77. The highest BCUT2D eigenvalue weighted by molar-refractivity contribution is 5.85. The van der Waals surface area contributed by atoms with Gasteiger partial charge in [-0.1, -0.05) is 6.07 Å². The second-order valence-corrected chi connectivity index (χ2v) is 8.60. The molecular formula is C22H37ClN4O. The zero-order valence-electron chi connectivity index (χ0n) is 17.6. The molecule has 2 fully saturated rings. The van der Waals surface area contributed by atoms with Gasteiger partial charge >= 0.3 is 0 Å². The number of rotatable bonds is 8. The molecule has 2 saturated heterocycles. The average Bonchev–Trinajstić information content (AvgIpc) is 2.64. The van der Waals surface area contributed by atoms with Crippen LogP contribution in [0, 0.1) is 11.8 Å². The van der Waals surface area contributed by atoms with Gasteiger partial charge < -0.3 is 10.2 Å². The Kier molecular flexibility index (Phi) is 9.19. The van der Waals surface area contributed by atoms with Crippen LogP contribution < -0.4 is 5.32 Å². The number of pyridine rings is 1. The third-order valence-electron chi connectivity index (χ3n) is 6.20. The van der Waals surface area contributed by atoms with E-state index in [1.54, 1.807) is 0 Å². The summed E-state index contributed by atoms with van der Waals surface area (Å²) in [4.78, 5) is 21.3. The number of fused-ring (bicyclic) bond motifs is 2. The van der Waals surface area contributed by atoms with Gasteiger partial charge in [0.15, 0.2) is 0 Å². The van der Waals surface area contributed by atoms with Crippen molar-refractivity contribution >= 4 is 18.3 Å². The van der Waals surface area contributed by atoms with Crippen LogP contribution in [0.1, 0.15) is 52.0 Å². The number of halogens is 1. The second-order valence-electron chi connectivity index (χ2n) is 8.60. The van der Waals surface area contributed by atoms with Crippen LogP contribution in [0.4, 0.5) is 0 Å². The first-order valence-electron chi connectivity index (χ1n) is 10.7. The predicted octanol–water partition coefficient (Wildman–Crippen LogP) is 3.34. The van der Waals surface area contributed by atoms with E-state index in [0.29, 0.717) is 30.3 Å². The van der Waals surface area contributed by atoms with E-state index < -0.39 is 0 Å². The van der Waals surface area contributed by atoms with Gasteiger partial charge in [-0.05, 0) is 70.0 Å². The van der Waals surface area contributed by atoms with Crippen molar-refractivity contribution in [1.82, 2.24) is 20.1 Å². The van der Waals surface area contributed by atoms with Gasteiger partial charge in [-0.15, -0.1) is 12.4 Å². The first kappa shape index (κ1) is 23.1. The van der Waals surface area contributed by atoms with E-state index >= 15 is 0 Å². The maximum Gasteiger partial charge on any atom is 0.222 e. The first-order chi connectivity index (χ1) is 13.1. The van der Waals surface area contributed by atoms with Gasteiger partial charge in [0.05, 0.1) is 0 Å². The number of carbonyl (C=O) groups is 1. The number of amides is 1. The molecule has 0 unspecified atom stereocenters. The Hall–Kier alpha value is -1.17. The minimum atomic E-state index is 0. The van der Waals surface area contributed by atoms with Crippen LogP contribution in [-0.2, 0) is 11.3 Å². The first-order valence-corrected chi connectivity index (χ1v) is 10.7. The molecule has 0 saturated carbocycles. The smallest absolute Gasteiger partial charge is 0.222 e. The number of aromatic nitrogens is 1. The number of carbonyl (C=O) groups excluding carboxylic acids is 1. The highest BCUT2D eigenvalue weighted by atomic mass is 35.5. The number of nitrogens with zero attached hydrogens (tertiary/aromatic N) is 3. The second kappa shape index (κ2) is 11.1. The monoisotopic (exact) mass is 408 g/mol. The molecule has 1 N–H and O–H groups in total. The third kappa shape index (κ3) is 6.16. The highest BCUT2D eigenvalue weighted by Gasteiger charge is 2.36. The van der Waals surface area contributed by atoms with Gasteiger partial charge in [0.1, 0.15) is 0 Å². The van der Waals surface area contributed by atoms with E-state index in [-0.39, 0.29) is 12.4 Å². The molecule has 0 radical (unpaired) electrons. The van der Waals surface area contributed by atoms with E-state index in [9.17, 15) is 4.79 Å². The molecule has 2 bridgehead atoms. The van der Waals surface area contributed by atoms with E-state index in [1.807, 2.05) is 23.4 Å². The standard InChI is InChI=1S/C22H36N4O.ClH/c1-4-26(17(2)3)22(27)9-5-8-21-20-11-19(13-24-21)15-25(16-20)14-18-7-6-10-23-12-18;/h6-7,10,12,17,19-21,24H,4-5,8-9,11,13-16H2,1-3H3;1H/t19-,20+,21+;/m0./s1. The fraction of sp³-hybridized carbons (Fsp3) is 0.727. The van der Waals surface area contributed by atoms with E-state index in [4.69, 9.17) is 0 Å². The number of piperidine rings is 2. The van der Waals surface area contributed by atoms with Gasteiger partial charge in [-0.25, -0.2) is 0 Å². The molecule has 0 aromatic carbocycles. The Balaban J connectivity index is 0.00000280. The Labute approximate surface area is 176 Å². The molecule has 3 atom stereocenters. The Morgan fingerprint density at radius 1 is 1.39 bits per heavy atom. The number of likely N-dealkylation sites (tertiary alicyclic amines) is 1. The third-order valence-corrected chi connectivity index (χ3v) is 6.20. The van der Waals surface area contributed by atoms with Crippen molar-refractivity contribution in [2.45, 2.75) is 65.1 Å². The summed E-state index contributed by atoms with van der Waals surface area (Å²) in [6, 6.07) is 5.06.